The standard InChI is InChI=1S/C23H27FN6O3/c1-14-18-5-4-16(24)10-19(18)30(28-14)22-25-11-15(12-26-22)20(32)27-17-6-8-29(9-7-17)21(33)23(2,3)13-31/h4-5,10-12,17,31H,6-9,13H2,1-3H3,(H,27,32). The summed E-state index contributed by atoms with van der Waals surface area (Å²) in [5, 5.41) is 17.6. The fraction of sp³-hybridized carbons (Fsp3) is 0.435. The third-order valence-electron chi connectivity index (χ3n) is 6.01. The number of hydrogen-bond donors (Lipinski definition) is 2. The Balaban J connectivity index is 1.40. The van der Waals surface area contributed by atoms with Gasteiger partial charge in [0.25, 0.3) is 11.9 Å². The number of hydrogen-bond acceptors (Lipinski definition) is 6. The lowest BCUT2D eigenvalue weighted by Gasteiger charge is -2.36. The van der Waals surface area contributed by atoms with E-state index < -0.39 is 5.41 Å². The Hall–Kier alpha value is -3.40. The van der Waals surface area contributed by atoms with Gasteiger partial charge < -0.3 is 15.3 Å². The summed E-state index contributed by atoms with van der Waals surface area (Å²) in [6.45, 7) is 6.09. The number of fused-ring (bicyclic) bond motifs is 1. The second kappa shape index (κ2) is 8.86. The molecule has 0 radical (unpaired) electrons. The Morgan fingerprint density at radius 3 is 2.52 bits per heavy atom. The van der Waals surface area contributed by atoms with Gasteiger partial charge in [-0.15, -0.1) is 0 Å². The summed E-state index contributed by atoms with van der Waals surface area (Å²) in [6.07, 6.45) is 4.09. The quantitative estimate of drug-likeness (QED) is 0.610. The molecule has 2 N–H and O–H groups in total. The van der Waals surface area contributed by atoms with Crippen molar-refractivity contribution in [3.05, 3.63) is 47.7 Å². The van der Waals surface area contributed by atoms with E-state index in [-0.39, 0.29) is 36.2 Å². The fourth-order valence-corrected chi connectivity index (χ4v) is 3.94. The Kier molecular flexibility index (Phi) is 6.11. The van der Waals surface area contributed by atoms with Crippen LogP contribution < -0.4 is 5.32 Å². The Morgan fingerprint density at radius 1 is 1.21 bits per heavy atom. The molecule has 0 spiro atoms. The number of nitrogens with one attached hydrogen (secondary N) is 1. The van der Waals surface area contributed by atoms with Crippen LogP contribution in [0.3, 0.4) is 0 Å². The summed E-state index contributed by atoms with van der Waals surface area (Å²) in [4.78, 5) is 35.4. The number of aliphatic hydroxyl groups excluding tert-OH is 1. The zero-order valence-electron chi connectivity index (χ0n) is 18.9. The number of halogens is 1. The van der Waals surface area contributed by atoms with E-state index in [9.17, 15) is 19.1 Å². The van der Waals surface area contributed by atoms with Gasteiger partial charge in [0.15, 0.2) is 0 Å². The van der Waals surface area contributed by atoms with Crippen molar-refractivity contribution in [2.45, 2.75) is 39.7 Å². The number of rotatable bonds is 5. The minimum Gasteiger partial charge on any atom is -0.395 e. The van der Waals surface area contributed by atoms with Crippen LogP contribution in [-0.2, 0) is 4.79 Å². The summed E-state index contributed by atoms with van der Waals surface area (Å²) >= 11 is 0. The highest BCUT2D eigenvalue weighted by Crippen LogP contribution is 2.22. The predicted molar refractivity (Wildman–Crippen MR) is 119 cm³/mol. The molecule has 1 aliphatic rings. The molecule has 0 aliphatic carbocycles. The monoisotopic (exact) mass is 454 g/mol. The van der Waals surface area contributed by atoms with Gasteiger partial charge in [0, 0.05) is 43.0 Å². The molecule has 0 unspecified atom stereocenters. The summed E-state index contributed by atoms with van der Waals surface area (Å²) in [5.41, 5.74) is 0.773. The third kappa shape index (κ3) is 4.56. The van der Waals surface area contributed by atoms with E-state index in [0.717, 1.165) is 11.1 Å². The van der Waals surface area contributed by atoms with Crippen molar-refractivity contribution >= 4 is 22.7 Å². The molecule has 3 heterocycles. The van der Waals surface area contributed by atoms with Crippen molar-refractivity contribution in [1.82, 2.24) is 30.0 Å². The molecule has 0 saturated carbocycles. The van der Waals surface area contributed by atoms with Crippen LogP contribution in [0.25, 0.3) is 16.9 Å². The molecule has 10 heteroatoms. The number of benzene rings is 1. The molecule has 174 valence electrons. The maximum Gasteiger partial charge on any atom is 0.254 e. The van der Waals surface area contributed by atoms with Crippen molar-refractivity contribution in [3.8, 4) is 5.95 Å². The molecule has 9 nitrogen and oxygen atoms in total. The number of nitrogens with zero attached hydrogens (tertiary/aromatic N) is 5. The highest BCUT2D eigenvalue weighted by Gasteiger charge is 2.33. The molecule has 4 rings (SSSR count). The first-order chi connectivity index (χ1) is 15.7. The van der Waals surface area contributed by atoms with Gasteiger partial charge in [0.05, 0.1) is 28.8 Å². The molecule has 1 aromatic carbocycles. The van der Waals surface area contributed by atoms with E-state index in [1.165, 1.54) is 29.2 Å². The van der Waals surface area contributed by atoms with E-state index in [4.69, 9.17) is 0 Å². The van der Waals surface area contributed by atoms with Crippen LogP contribution in [0.4, 0.5) is 4.39 Å². The average molecular weight is 455 g/mol. The summed E-state index contributed by atoms with van der Waals surface area (Å²) in [5.74, 6) is -0.518. The molecular formula is C23H27FN6O3. The maximum atomic E-state index is 13.7. The number of likely N-dealkylation sites (tertiary alicyclic amines) is 1. The largest absolute Gasteiger partial charge is 0.395 e. The molecule has 2 amide bonds. The van der Waals surface area contributed by atoms with Crippen molar-refractivity contribution in [3.63, 3.8) is 0 Å². The van der Waals surface area contributed by atoms with E-state index in [1.54, 1.807) is 24.8 Å². The van der Waals surface area contributed by atoms with Gasteiger partial charge >= 0.3 is 0 Å². The zero-order chi connectivity index (χ0) is 23.8. The zero-order valence-corrected chi connectivity index (χ0v) is 18.9. The first-order valence-electron chi connectivity index (χ1n) is 10.9. The minimum atomic E-state index is -0.806. The van der Waals surface area contributed by atoms with Gasteiger partial charge in [0.1, 0.15) is 5.82 Å². The van der Waals surface area contributed by atoms with Gasteiger partial charge in [-0.2, -0.15) is 9.78 Å². The Labute approximate surface area is 190 Å². The van der Waals surface area contributed by atoms with Crippen LogP contribution in [0.2, 0.25) is 0 Å². The second-order valence-corrected chi connectivity index (χ2v) is 9.01. The lowest BCUT2D eigenvalue weighted by molar-refractivity contribution is -0.143. The molecule has 1 aliphatic heterocycles. The molecule has 0 bridgehead atoms. The third-order valence-corrected chi connectivity index (χ3v) is 6.01. The normalized spacial score (nSPS) is 15.1. The number of aromatic nitrogens is 4. The number of amides is 2. The van der Waals surface area contributed by atoms with Gasteiger partial charge in [-0.1, -0.05) is 0 Å². The van der Waals surface area contributed by atoms with Crippen LogP contribution in [-0.4, -0.2) is 67.3 Å². The van der Waals surface area contributed by atoms with Gasteiger partial charge in [0.2, 0.25) is 5.91 Å². The van der Waals surface area contributed by atoms with Gasteiger partial charge in [-0.25, -0.2) is 14.4 Å². The second-order valence-electron chi connectivity index (χ2n) is 9.01. The van der Waals surface area contributed by atoms with Crippen LogP contribution in [0.5, 0.6) is 0 Å². The maximum absolute atomic E-state index is 13.7. The number of aryl methyl sites for hydroxylation is 1. The number of carbonyl (C=O) groups excluding carboxylic acids is 2. The summed E-state index contributed by atoms with van der Waals surface area (Å²) < 4.78 is 15.2. The first-order valence-corrected chi connectivity index (χ1v) is 10.9. The molecule has 3 aromatic rings. The number of piperidine rings is 1. The molecule has 33 heavy (non-hydrogen) atoms. The van der Waals surface area contributed by atoms with Crippen molar-refractivity contribution in [1.29, 1.82) is 0 Å². The van der Waals surface area contributed by atoms with Crippen LogP contribution in [0.15, 0.2) is 30.6 Å². The molecular weight excluding hydrogens is 427 g/mol. The predicted octanol–water partition coefficient (Wildman–Crippen LogP) is 2.00. The molecule has 2 aromatic heterocycles. The van der Waals surface area contributed by atoms with E-state index in [1.807, 2.05) is 6.92 Å². The first kappa shape index (κ1) is 22.8. The molecule has 1 fully saturated rings. The fourth-order valence-electron chi connectivity index (χ4n) is 3.94. The Bertz CT molecular complexity index is 1180. The van der Waals surface area contributed by atoms with Crippen molar-refractivity contribution in [2.24, 2.45) is 5.41 Å². The smallest absolute Gasteiger partial charge is 0.254 e. The topological polar surface area (TPSA) is 113 Å². The van der Waals surface area contributed by atoms with Gasteiger partial charge in [-0.3, -0.25) is 9.59 Å². The highest BCUT2D eigenvalue weighted by atomic mass is 19.1. The van der Waals surface area contributed by atoms with E-state index in [2.05, 4.69) is 20.4 Å². The van der Waals surface area contributed by atoms with E-state index in [0.29, 0.717) is 37.0 Å². The van der Waals surface area contributed by atoms with Crippen molar-refractivity contribution in [2.75, 3.05) is 19.7 Å². The SMILES string of the molecule is Cc1nn(-c2ncc(C(=O)NC3CCN(C(=O)C(C)(C)CO)CC3)cn2)c2cc(F)ccc12. The van der Waals surface area contributed by atoms with Crippen LogP contribution >= 0.6 is 0 Å². The van der Waals surface area contributed by atoms with Crippen molar-refractivity contribution < 1.29 is 19.1 Å². The minimum absolute atomic E-state index is 0.0702. The summed E-state index contributed by atoms with van der Waals surface area (Å²) in [6, 6.07) is 4.34. The van der Waals surface area contributed by atoms with E-state index >= 15 is 0 Å². The lowest BCUT2D eigenvalue weighted by atomic mass is 9.91. The average Bonchev–Trinajstić information content (AvgIpc) is 3.14. The number of carbonyl (C=O) groups is 2. The molecule has 1 saturated heterocycles. The number of aliphatic hydroxyl groups is 1. The Morgan fingerprint density at radius 2 is 1.88 bits per heavy atom. The van der Waals surface area contributed by atoms with Crippen LogP contribution in [0.1, 0.15) is 42.7 Å². The highest BCUT2D eigenvalue weighted by molar-refractivity contribution is 5.94. The van der Waals surface area contributed by atoms with Gasteiger partial charge in [-0.05, 0) is 45.7 Å². The summed E-state index contributed by atoms with van der Waals surface area (Å²) in [7, 11) is 0. The molecule has 0 atom stereocenters. The lowest BCUT2D eigenvalue weighted by Crippen LogP contribution is -2.50. The van der Waals surface area contributed by atoms with Crippen LogP contribution in [0, 0.1) is 18.2 Å².